The largest absolute Gasteiger partial charge is 0.487 e. The van der Waals surface area contributed by atoms with Gasteiger partial charge < -0.3 is 14.9 Å². The number of pyridine rings is 1. The molecule has 4 aromatic rings. The monoisotopic (exact) mass is 372 g/mol. The molecule has 6 heteroatoms. The number of aromatic nitrogens is 3. The summed E-state index contributed by atoms with van der Waals surface area (Å²) in [6, 6.07) is 22.1. The molecule has 0 fully saturated rings. The molecule has 6 nitrogen and oxygen atoms in total. The fourth-order valence-corrected chi connectivity index (χ4v) is 2.95. The topological polar surface area (TPSA) is 87.1 Å². The SMILES string of the molecule is CC(c1ccc(OCc2ccccn2)cc1)c1ccc(-c2nnc(N)o2)cc1. The summed E-state index contributed by atoms with van der Waals surface area (Å²) in [6.07, 6.45) is 1.77. The second-order valence-corrected chi connectivity index (χ2v) is 6.47. The molecule has 0 aliphatic heterocycles. The number of rotatable bonds is 6. The van der Waals surface area contributed by atoms with Crippen LogP contribution in [0.4, 0.5) is 6.01 Å². The molecular weight excluding hydrogens is 352 g/mol. The molecular formula is C22H20N4O2. The van der Waals surface area contributed by atoms with Gasteiger partial charge in [-0.2, -0.15) is 0 Å². The van der Waals surface area contributed by atoms with Gasteiger partial charge >= 0.3 is 6.01 Å². The summed E-state index contributed by atoms with van der Waals surface area (Å²) >= 11 is 0. The summed E-state index contributed by atoms with van der Waals surface area (Å²) < 4.78 is 11.1. The third kappa shape index (κ3) is 4.01. The average molecular weight is 372 g/mol. The minimum absolute atomic E-state index is 0.0674. The van der Waals surface area contributed by atoms with Crippen molar-refractivity contribution < 1.29 is 9.15 Å². The van der Waals surface area contributed by atoms with Crippen LogP contribution in [0.2, 0.25) is 0 Å². The summed E-state index contributed by atoms with van der Waals surface area (Å²) in [5.74, 6) is 1.49. The van der Waals surface area contributed by atoms with Crippen LogP contribution in [0.1, 0.15) is 29.7 Å². The lowest BCUT2D eigenvalue weighted by Crippen LogP contribution is -1.99. The first-order valence-electron chi connectivity index (χ1n) is 9.01. The summed E-state index contributed by atoms with van der Waals surface area (Å²) in [6.45, 7) is 2.63. The molecule has 0 saturated heterocycles. The number of ether oxygens (including phenoxy) is 1. The van der Waals surface area contributed by atoms with Crippen molar-refractivity contribution in [2.75, 3.05) is 5.73 Å². The van der Waals surface area contributed by atoms with Crippen molar-refractivity contribution in [3.8, 4) is 17.2 Å². The highest BCUT2D eigenvalue weighted by Gasteiger charge is 2.11. The highest BCUT2D eigenvalue weighted by molar-refractivity contribution is 5.54. The molecule has 0 radical (unpaired) electrons. The van der Waals surface area contributed by atoms with E-state index in [4.69, 9.17) is 14.9 Å². The second kappa shape index (κ2) is 7.92. The molecule has 2 heterocycles. The fourth-order valence-electron chi connectivity index (χ4n) is 2.95. The first-order valence-corrected chi connectivity index (χ1v) is 9.01. The van der Waals surface area contributed by atoms with Crippen LogP contribution in [0.25, 0.3) is 11.5 Å². The summed E-state index contributed by atoms with van der Waals surface area (Å²) in [5, 5.41) is 7.59. The van der Waals surface area contributed by atoms with Crippen LogP contribution >= 0.6 is 0 Å². The Balaban J connectivity index is 1.42. The predicted molar refractivity (Wildman–Crippen MR) is 107 cm³/mol. The standard InChI is InChI=1S/C22H20N4O2/c1-15(16-5-7-18(8-6-16)21-25-26-22(23)28-21)17-9-11-20(12-10-17)27-14-19-4-2-3-13-24-19/h2-13,15H,14H2,1H3,(H2,23,26). The van der Waals surface area contributed by atoms with E-state index in [9.17, 15) is 0 Å². The molecule has 0 spiro atoms. The molecule has 2 aromatic carbocycles. The maximum Gasteiger partial charge on any atom is 0.313 e. The average Bonchev–Trinajstić information content (AvgIpc) is 3.19. The molecule has 0 amide bonds. The van der Waals surface area contributed by atoms with Gasteiger partial charge in [0.2, 0.25) is 5.89 Å². The molecule has 0 aliphatic carbocycles. The van der Waals surface area contributed by atoms with Crippen molar-refractivity contribution in [3.05, 3.63) is 89.7 Å². The Morgan fingerprint density at radius 3 is 2.25 bits per heavy atom. The Bertz CT molecular complexity index is 1030. The summed E-state index contributed by atoms with van der Waals surface area (Å²) in [7, 11) is 0. The van der Waals surface area contributed by atoms with E-state index in [0.717, 1.165) is 17.0 Å². The third-order valence-electron chi connectivity index (χ3n) is 4.59. The van der Waals surface area contributed by atoms with E-state index < -0.39 is 0 Å². The molecule has 4 rings (SSSR count). The van der Waals surface area contributed by atoms with E-state index in [1.807, 2.05) is 42.5 Å². The Hall–Kier alpha value is -3.67. The first-order chi connectivity index (χ1) is 13.7. The van der Waals surface area contributed by atoms with E-state index in [1.165, 1.54) is 11.1 Å². The highest BCUT2D eigenvalue weighted by Crippen LogP contribution is 2.28. The van der Waals surface area contributed by atoms with Gasteiger partial charge in [0.25, 0.3) is 0 Å². The smallest absolute Gasteiger partial charge is 0.313 e. The quantitative estimate of drug-likeness (QED) is 0.538. The Kier molecular flexibility index (Phi) is 5.01. The van der Waals surface area contributed by atoms with Crippen LogP contribution in [0.15, 0.2) is 77.3 Å². The molecule has 0 saturated carbocycles. The zero-order valence-electron chi connectivity index (χ0n) is 15.4. The zero-order valence-corrected chi connectivity index (χ0v) is 15.4. The molecule has 0 aliphatic rings. The van der Waals surface area contributed by atoms with Crippen molar-refractivity contribution in [3.63, 3.8) is 0 Å². The minimum Gasteiger partial charge on any atom is -0.487 e. The molecule has 2 aromatic heterocycles. The number of hydrogen-bond donors (Lipinski definition) is 1. The number of nitrogen functional groups attached to an aromatic ring is 1. The van der Waals surface area contributed by atoms with Crippen LogP contribution in [0, 0.1) is 0 Å². The van der Waals surface area contributed by atoms with E-state index in [1.54, 1.807) is 6.20 Å². The normalized spacial score (nSPS) is 11.9. The van der Waals surface area contributed by atoms with E-state index in [0.29, 0.717) is 12.5 Å². The van der Waals surface area contributed by atoms with Gasteiger partial charge in [-0.3, -0.25) is 4.98 Å². The van der Waals surface area contributed by atoms with Gasteiger partial charge in [-0.15, -0.1) is 5.10 Å². The van der Waals surface area contributed by atoms with Crippen molar-refractivity contribution in [2.24, 2.45) is 0 Å². The van der Waals surface area contributed by atoms with E-state index in [2.05, 4.69) is 46.4 Å². The van der Waals surface area contributed by atoms with Crippen LogP contribution in [0.3, 0.4) is 0 Å². The van der Waals surface area contributed by atoms with Crippen LogP contribution in [0.5, 0.6) is 5.75 Å². The molecule has 1 unspecified atom stereocenters. The Morgan fingerprint density at radius 1 is 0.929 bits per heavy atom. The van der Waals surface area contributed by atoms with Crippen molar-refractivity contribution in [2.45, 2.75) is 19.4 Å². The maximum absolute atomic E-state index is 5.80. The first kappa shape index (κ1) is 17.7. The summed E-state index contributed by atoms with van der Waals surface area (Å²) in [5.41, 5.74) is 9.64. The lowest BCUT2D eigenvalue weighted by atomic mass is 9.92. The van der Waals surface area contributed by atoms with Gasteiger partial charge in [-0.1, -0.05) is 42.4 Å². The molecule has 1 atom stereocenters. The fraction of sp³-hybridized carbons (Fsp3) is 0.136. The van der Waals surface area contributed by atoms with Gasteiger partial charge in [0.1, 0.15) is 12.4 Å². The molecule has 0 bridgehead atoms. The van der Waals surface area contributed by atoms with Gasteiger partial charge in [0, 0.05) is 17.7 Å². The number of nitrogens with zero attached hydrogens (tertiary/aromatic N) is 3. The van der Waals surface area contributed by atoms with Gasteiger partial charge in [-0.05, 0) is 47.5 Å². The number of nitrogens with two attached hydrogens (primary N) is 1. The van der Waals surface area contributed by atoms with Crippen molar-refractivity contribution in [1.29, 1.82) is 0 Å². The van der Waals surface area contributed by atoms with Crippen LogP contribution in [-0.4, -0.2) is 15.2 Å². The maximum atomic E-state index is 5.80. The van der Waals surface area contributed by atoms with Crippen LogP contribution in [-0.2, 0) is 6.61 Å². The van der Waals surface area contributed by atoms with Gasteiger partial charge in [-0.25, -0.2) is 0 Å². The van der Waals surface area contributed by atoms with E-state index >= 15 is 0 Å². The Labute approximate surface area is 163 Å². The van der Waals surface area contributed by atoms with Crippen molar-refractivity contribution in [1.82, 2.24) is 15.2 Å². The molecule has 140 valence electrons. The van der Waals surface area contributed by atoms with Gasteiger partial charge in [0.05, 0.1) is 5.69 Å². The minimum atomic E-state index is 0.0674. The number of hydrogen-bond acceptors (Lipinski definition) is 6. The molecule has 28 heavy (non-hydrogen) atoms. The Morgan fingerprint density at radius 2 is 1.64 bits per heavy atom. The number of anilines is 1. The van der Waals surface area contributed by atoms with E-state index in [-0.39, 0.29) is 11.9 Å². The lowest BCUT2D eigenvalue weighted by Gasteiger charge is -2.14. The lowest BCUT2D eigenvalue weighted by molar-refractivity contribution is 0.301. The zero-order chi connectivity index (χ0) is 19.3. The van der Waals surface area contributed by atoms with Crippen LogP contribution < -0.4 is 10.5 Å². The van der Waals surface area contributed by atoms with Gasteiger partial charge in [0.15, 0.2) is 0 Å². The van der Waals surface area contributed by atoms with Crippen molar-refractivity contribution >= 4 is 6.01 Å². The molecule has 2 N–H and O–H groups in total. The summed E-state index contributed by atoms with van der Waals surface area (Å²) in [4.78, 5) is 4.26. The third-order valence-corrected chi connectivity index (χ3v) is 4.59. The predicted octanol–water partition coefficient (Wildman–Crippen LogP) is 4.44. The highest BCUT2D eigenvalue weighted by atomic mass is 16.5. The number of benzene rings is 2. The second-order valence-electron chi connectivity index (χ2n) is 6.47.